The maximum absolute atomic E-state index is 12.4. The van der Waals surface area contributed by atoms with E-state index in [1.807, 2.05) is 37.2 Å². The fourth-order valence-corrected chi connectivity index (χ4v) is 4.84. The molecule has 2 fully saturated rings. The van der Waals surface area contributed by atoms with Crippen LogP contribution in [0.25, 0.3) is 17.0 Å². The Morgan fingerprint density at radius 3 is 2.68 bits per heavy atom. The SMILES string of the molecule is CCSCCCc1nc(-c2ccc3nc(C4CC4)cn3c2)n(C2CN(C(=O)OC(C)(C)C)C2)n1. The minimum Gasteiger partial charge on any atom is -0.444 e. The van der Waals surface area contributed by atoms with Gasteiger partial charge in [-0.3, -0.25) is 0 Å². The van der Waals surface area contributed by atoms with Crippen molar-refractivity contribution in [1.29, 1.82) is 0 Å². The normalized spacial score (nSPS) is 16.8. The van der Waals surface area contributed by atoms with Crippen molar-refractivity contribution in [2.75, 3.05) is 24.6 Å². The van der Waals surface area contributed by atoms with Crippen LogP contribution in [0.3, 0.4) is 0 Å². The number of nitrogens with zero attached hydrogens (tertiary/aromatic N) is 6. The molecule has 1 saturated heterocycles. The maximum Gasteiger partial charge on any atom is 0.410 e. The average Bonchev–Trinajstić information content (AvgIpc) is 3.37. The number of carbonyl (C=O) groups excluding carboxylic acids is 1. The molecule has 0 radical (unpaired) electrons. The fraction of sp³-hybridized carbons (Fsp3) is 0.600. The van der Waals surface area contributed by atoms with Crippen LogP contribution in [-0.2, 0) is 11.2 Å². The number of hydrogen-bond donors (Lipinski definition) is 0. The number of imidazole rings is 1. The molecule has 0 N–H and O–H groups in total. The molecule has 9 heteroatoms. The van der Waals surface area contributed by atoms with E-state index in [0.29, 0.717) is 19.0 Å². The Kier molecular flexibility index (Phi) is 6.31. The highest BCUT2D eigenvalue weighted by molar-refractivity contribution is 7.99. The third-order valence-electron chi connectivity index (χ3n) is 6.15. The largest absolute Gasteiger partial charge is 0.444 e. The average molecular weight is 483 g/mol. The Labute approximate surface area is 205 Å². The highest BCUT2D eigenvalue weighted by atomic mass is 32.2. The lowest BCUT2D eigenvalue weighted by atomic mass is 10.1. The Morgan fingerprint density at radius 2 is 1.97 bits per heavy atom. The third-order valence-corrected chi connectivity index (χ3v) is 7.14. The van der Waals surface area contributed by atoms with E-state index in [2.05, 4.69) is 35.9 Å². The van der Waals surface area contributed by atoms with Crippen molar-refractivity contribution in [1.82, 2.24) is 29.0 Å². The fourth-order valence-electron chi connectivity index (χ4n) is 4.21. The smallest absolute Gasteiger partial charge is 0.410 e. The summed E-state index contributed by atoms with van der Waals surface area (Å²) in [6.07, 6.45) is 8.37. The van der Waals surface area contributed by atoms with Crippen LogP contribution in [0, 0.1) is 0 Å². The van der Waals surface area contributed by atoms with Gasteiger partial charge in [-0.05, 0) is 63.7 Å². The molecule has 182 valence electrons. The first kappa shape index (κ1) is 23.2. The number of pyridine rings is 1. The van der Waals surface area contributed by atoms with Crippen LogP contribution in [-0.4, -0.2) is 65.3 Å². The van der Waals surface area contributed by atoms with E-state index in [1.165, 1.54) is 18.5 Å². The van der Waals surface area contributed by atoms with Gasteiger partial charge >= 0.3 is 6.09 Å². The van der Waals surface area contributed by atoms with Gasteiger partial charge < -0.3 is 14.0 Å². The predicted molar refractivity (Wildman–Crippen MR) is 134 cm³/mol. The van der Waals surface area contributed by atoms with Crippen molar-refractivity contribution in [3.8, 4) is 11.4 Å². The van der Waals surface area contributed by atoms with Crippen molar-refractivity contribution in [3.05, 3.63) is 36.0 Å². The monoisotopic (exact) mass is 482 g/mol. The van der Waals surface area contributed by atoms with E-state index >= 15 is 0 Å². The lowest BCUT2D eigenvalue weighted by Crippen LogP contribution is -2.52. The van der Waals surface area contributed by atoms with Gasteiger partial charge in [0.05, 0.1) is 11.7 Å². The Hall–Kier alpha value is -2.55. The first-order chi connectivity index (χ1) is 16.3. The number of ether oxygens (including phenoxy) is 1. The molecule has 0 bridgehead atoms. The highest BCUT2D eigenvalue weighted by Gasteiger charge is 2.37. The van der Waals surface area contributed by atoms with Crippen molar-refractivity contribution in [3.63, 3.8) is 0 Å². The quantitative estimate of drug-likeness (QED) is 0.423. The highest BCUT2D eigenvalue weighted by Crippen LogP contribution is 2.39. The van der Waals surface area contributed by atoms with Crippen molar-refractivity contribution in [2.24, 2.45) is 0 Å². The number of aromatic nitrogens is 5. The molecule has 0 atom stereocenters. The second-order valence-electron chi connectivity index (χ2n) is 10.3. The molecular weight excluding hydrogens is 448 g/mol. The summed E-state index contributed by atoms with van der Waals surface area (Å²) < 4.78 is 9.65. The molecule has 4 heterocycles. The van der Waals surface area contributed by atoms with Gasteiger partial charge in [0.1, 0.15) is 11.2 Å². The number of fused-ring (bicyclic) bond motifs is 1. The maximum atomic E-state index is 12.4. The summed E-state index contributed by atoms with van der Waals surface area (Å²) in [6.45, 7) is 9.01. The van der Waals surface area contributed by atoms with Crippen LogP contribution in [0.5, 0.6) is 0 Å². The minimum absolute atomic E-state index is 0.0919. The standard InChI is InChI=1S/C25H34N6O2S/c1-5-34-12-6-7-21-27-23(18-10-11-22-26-20(17-8-9-17)16-29(22)13-18)31(28-21)19-14-30(15-19)24(32)33-25(2,3)4/h10-11,13,16-17,19H,5-9,12,14-15H2,1-4H3. The lowest BCUT2D eigenvalue weighted by Gasteiger charge is -2.39. The van der Waals surface area contributed by atoms with Gasteiger partial charge in [0.15, 0.2) is 11.6 Å². The molecule has 1 aliphatic heterocycles. The molecule has 34 heavy (non-hydrogen) atoms. The lowest BCUT2D eigenvalue weighted by molar-refractivity contribution is -0.000246. The Bertz CT molecular complexity index is 1170. The molecular formula is C25H34N6O2S. The number of amides is 1. The van der Waals surface area contributed by atoms with Crippen molar-refractivity contribution >= 4 is 23.5 Å². The first-order valence-corrected chi connectivity index (χ1v) is 13.5. The summed E-state index contributed by atoms with van der Waals surface area (Å²) in [5.74, 6) is 4.58. The molecule has 0 spiro atoms. The van der Waals surface area contributed by atoms with Crippen LogP contribution in [0.1, 0.15) is 70.4 Å². The second kappa shape index (κ2) is 9.24. The van der Waals surface area contributed by atoms with Crippen LogP contribution in [0.15, 0.2) is 24.5 Å². The molecule has 3 aromatic heterocycles. The van der Waals surface area contributed by atoms with E-state index < -0.39 is 5.60 Å². The Morgan fingerprint density at radius 1 is 1.18 bits per heavy atom. The van der Waals surface area contributed by atoms with E-state index in [-0.39, 0.29) is 12.1 Å². The van der Waals surface area contributed by atoms with E-state index in [4.69, 9.17) is 19.8 Å². The van der Waals surface area contributed by atoms with Crippen LogP contribution < -0.4 is 0 Å². The van der Waals surface area contributed by atoms with Gasteiger partial charge in [-0.15, -0.1) is 0 Å². The van der Waals surface area contributed by atoms with E-state index in [1.54, 1.807) is 4.90 Å². The molecule has 3 aromatic rings. The van der Waals surface area contributed by atoms with Gasteiger partial charge in [0.2, 0.25) is 0 Å². The second-order valence-corrected chi connectivity index (χ2v) is 11.7. The van der Waals surface area contributed by atoms with E-state index in [0.717, 1.165) is 47.2 Å². The molecule has 0 aromatic carbocycles. The summed E-state index contributed by atoms with van der Waals surface area (Å²) in [6, 6.07) is 4.24. The third kappa shape index (κ3) is 5.09. The number of hydrogen-bond acceptors (Lipinski definition) is 6. The number of carbonyl (C=O) groups is 1. The first-order valence-electron chi connectivity index (χ1n) is 12.3. The zero-order valence-electron chi connectivity index (χ0n) is 20.5. The van der Waals surface area contributed by atoms with Crippen LogP contribution >= 0.6 is 11.8 Å². The Balaban J connectivity index is 1.38. The van der Waals surface area contributed by atoms with Crippen molar-refractivity contribution < 1.29 is 9.53 Å². The topological polar surface area (TPSA) is 77.6 Å². The van der Waals surface area contributed by atoms with Gasteiger partial charge in [-0.2, -0.15) is 16.9 Å². The number of thioether (sulfide) groups is 1. The van der Waals surface area contributed by atoms with E-state index in [9.17, 15) is 4.79 Å². The van der Waals surface area contributed by atoms with Gasteiger partial charge in [-0.1, -0.05) is 6.92 Å². The number of aryl methyl sites for hydroxylation is 1. The van der Waals surface area contributed by atoms with Gasteiger partial charge in [0.25, 0.3) is 0 Å². The molecule has 1 amide bonds. The zero-order chi connectivity index (χ0) is 23.9. The molecule has 8 nitrogen and oxygen atoms in total. The molecule has 1 saturated carbocycles. The summed E-state index contributed by atoms with van der Waals surface area (Å²) in [5, 5.41) is 4.89. The summed E-state index contributed by atoms with van der Waals surface area (Å²) in [5.41, 5.74) is 2.67. The summed E-state index contributed by atoms with van der Waals surface area (Å²) >= 11 is 1.94. The minimum atomic E-state index is -0.496. The van der Waals surface area contributed by atoms with Gasteiger partial charge in [-0.25, -0.2) is 19.4 Å². The summed E-state index contributed by atoms with van der Waals surface area (Å²) in [4.78, 5) is 23.9. The summed E-state index contributed by atoms with van der Waals surface area (Å²) in [7, 11) is 0. The van der Waals surface area contributed by atoms with Crippen LogP contribution in [0.4, 0.5) is 4.79 Å². The number of likely N-dealkylation sites (tertiary alicyclic amines) is 1. The zero-order valence-corrected chi connectivity index (χ0v) is 21.3. The number of rotatable bonds is 8. The molecule has 0 unspecified atom stereocenters. The molecule has 5 rings (SSSR count). The van der Waals surface area contributed by atoms with Crippen LogP contribution in [0.2, 0.25) is 0 Å². The van der Waals surface area contributed by atoms with Gasteiger partial charge in [0, 0.05) is 43.4 Å². The molecule has 1 aliphatic carbocycles. The predicted octanol–water partition coefficient (Wildman–Crippen LogP) is 4.95. The van der Waals surface area contributed by atoms with Crippen molar-refractivity contribution in [2.45, 2.75) is 70.9 Å². The molecule has 2 aliphatic rings.